The van der Waals surface area contributed by atoms with E-state index in [0.717, 1.165) is 18.4 Å². The Labute approximate surface area is 125 Å². The van der Waals surface area contributed by atoms with Gasteiger partial charge in [0.15, 0.2) is 0 Å². The van der Waals surface area contributed by atoms with Crippen molar-refractivity contribution in [3.05, 3.63) is 35.4 Å². The summed E-state index contributed by atoms with van der Waals surface area (Å²) < 4.78 is 0. The highest BCUT2D eigenvalue weighted by Gasteiger charge is 2.08. The number of nitrogens with two attached hydrogens (primary N) is 1. The van der Waals surface area contributed by atoms with E-state index < -0.39 is 0 Å². The summed E-state index contributed by atoms with van der Waals surface area (Å²) in [6, 6.07) is 8.75. The molecule has 0 fully saturated rings. The van der Waals surface area contributed by atoms with Crippen molar-refractivity contribution in [2.45, 2.75) is 53.6 Å². The summed E-state index contributed by atoms with van der Waals surface area (Å²) >= 11 is 0. The molecule has 0 spiro atoms. The monoisotopic (exact) mass is 276 g/mol. The molecule has 114 valence electrons. The van der Waals surface area contributed by atoms with Gasteiger partial charge in [0.25, 0.3) is 0 Å². The molecule has 0 atom stereocenters. The molecule has 0 aliphatic carbocycles. The molecule has 2 N–H and O–H groups in total. The maximum absolute atomic E-state index is 5.65. The molecule has 0 saturated carbocycles. The summed E-state index contributed by atoms with van der Waals surface area (Å²) in [6.07, 6.45) is 2.55. The fraction of sp³-hybridized carbons (Fsp3) is 0.667. The minimum Gasteiger partial charge on any atom is -0.326 e. The number of hydrogen-bond donors (Lipinski definition) is 1. The first-order valence-electron chi connectivity index (χ1n) is 8.01. The van der Waals surface area contributed by atoms with Crippen molar-refractivity contribution >= 4 is 0 Å². The lowest BCUT2D eigenvalue weighted by atomic mass is 10.1. The van der Waals surface area contributed by atoms with E-state index in [1.165, 1.54) is 37.1 Å². The van der Waals surface area contributed by atoms with Gasteiger partial charge in [0.1, 0.15) is 0 Å². The largest absolute Gasteiger partial charge is 0.326 e. The molecule has 1 aromatic rings. The first kappa shape index (κ1) is 17.2. The van der Waals surface area contributed by atoms with E-state index in [9.17, 15) is 0 Å². The van der Waals surface area contributed by atoms with Crippen LogP contribution in [-0.2, 0) is 13.1 Å². The van der Waals surface area contributed by atoms with Crippen molar-refractivity contribution in [2.24, 2.45) is 17.6 Å². The van der Waals surface area contributed by atoms with Crippen LogP contribution in [0.5, 0.6) is 0 Å². The van der Waals surface area contributed by atoms with Crippen LogP contribution < -0.4 is 5.73 Å². The van der Waals surface area contributed by atoms with Crippen LogP contribution >= 0.6 is 0 Å². The lowest BCUT2D eigenvalue weighted by molar-refractivity contribution is 0.235. The van der Waals surface area contributed by atoms with Gasteiger partial charge >= 0.3 is 0 Å². The van der Waals surface area contributed by atoms with Crippen molar-refractivity contribution in [3.63, 3.8) is 0 Å². The molecule has 0 aromatic heterocycles. The van der Waals surface area contributed by atoms with Gasteiger partial charge in [-0.15, -0.1) is 0 Å². The molecule has 0 bridgehead atoms. The van der Waals surface area contributed by atoms with E-state index in [4.69, 9.17) is 5.73 Å². The predicted molar refractivity (Wildman–Crippen MR) is 88.5 cm³/mol. The normalized spacial score (nSPS) is 11.8. The van der Waals surface area contributed by atoms with Gasteiger partial charge in [-0.05, 0) is 48.9 Å². The summed E-state index contributed by atoms with van der Waals surface area (Å²) in [5.74, 6) is 1.55. The molecule has 0 aliphatic rings. The van der Waals surface area contributed by atoms with E-state index in [-0.39, 0.29) is 0 Å². The minimum atomic E-state index is 0.630. The summed E-state index contributed by atoms with van der Waals surface area (Å²) in [6.45, 7) is 13.3. The zero-order valence-corrected chi connectivity index (χ0v) is 13.7. The maximum Gasteiger partial charge on any atom is 0.0233 e. The third-order valence-corrected chi connectivity index (χ3v) is 3.71. The zero-order valence-electron chi connectivity index (χ0n) is 13.7. The Balaban J connectivity index is 2.56. The molecule has 0 aliphatic heterocycles. The summed E-state index contributed by atoms with van der Waals surface area (Å²) in [4.78, 5) is 2.59. The highest BCUT2D eigenvalue weighted by molar-refractivity contribution is 5.22. The van der Waals surface area contributed by atoms with E-state index in [2.05, 4.69) is 56.9 Å². The van der Waals surface area contributed by atoms with E-state index in [1.807, 2.05) is 0 Å². The Morgan fingerprint density at radius 2 is 1.30 bits per heavy atom. The van der Waals surface area contributed by atoms with E-state index >= 15 is 0 Å². The van der Waals surface area contributed by atoms with Crippen LogP contribution in [0.2, 0.25) is 0 Å². The standard InChI is InChI=1S/C18H32N2/c1-15(2)9-11-20(12-10-16(3)4)14-18-7-5-17(13-19)6-8-18/h5-8,15-16H,9-14,19H2,1-4H3. The van der Waals surface area contributed by atoms with Crippen LogP contribution in [0.4, 0.5) is 0 Å². The lowest BCUT2D eigenvalue weighted by Gasteiger charge is -2.24. The Kier molecular flexibility index (Phi) is 7.86. The van der Waals surface area contributed by atoms with E-state index in [0.29, 0.717) is 6.54 Å². The first-order chi connectivity index (χ1) is 9.51. The molecular weight excluding hydrogens is 244 g/mol. The number of rotatable bonds is 9. The van der Waals surface area contributed by atoms with Crippen LogP contribution in [0.15, 0.2) is 24.3 Å². The van der Waals surface area contributed by atoms with Crippen molar-refractivity contribution < 1.29 is 0 Å². The molecule has 0 radical (unpaired) electrons. The molecule has 0 unspecified atom stereocenters. The van der Waals surface area contributed by atoms with Gasteiger partial charge in [-0.2, -0.15) is 0 Å². The van der Waals surface area contributed by atoms with Crippen LogP contribution in [0.1, 0.15) is 51.7 Å². The first-order valence-corrected chi connectivity index (χ1v) is 8.01. The van der Waals surface area contributed by atoms with Crippen molar-refractivity contribution in [3.8, 4) is 0 Å². The second kappa shape index (κ2) is 9.15. The Morgan fingerprint density at radius 3 is 1.70 bits per heavy atom. The topological polar surface area (TPSA) is 29.3 Å². The van der Waals surface area contributed by atoms with Crippen LogP contribution in [0, 0.1) is 11.8 Å². The average molecular weight is 276 g/mol. The number of hydrogen-bond acceptors (Lipinski definition) is 2. The van der Waals surface area contributed by atoms with Gasteiger partial charge in [0.2, 0.25) is 0 Å². The quantitative estimate of drug-likeness (QED) is 0.737. The second-order valence-corrected chi connectivity index (χ2v) is 6.66. The smallest absolute Gasteiger partial charge is 0.0233 e. The SMILES string of the molecule is CC(C)CCN(CCC(C)C)Cc1ccc(CN)cc1. The molecule has 0 saturated heterocycles. The zero-order chi connectivity index (χ0) is 15.0. The predicted octanol–water partition coefficient (Wildman–Crippen LogP) is 4.04. The molecule has 1 aromatic carbocycles. The Hall–Kier alpha value is -0.860. The highest BCUT2D eigenvalue weighted by Crippen LogP contribution is 2.12. The van der Waals surface area contributed by atoms with Gasteiger partial charge in [0.05, 0.1) is 0 Å². The van der Waals surface area contributed by atoms with Crippen LogP contribution in [0.25, 0.3) is 0 Å². The number of nitrogens with zero attached hydrogens (tertiary/aromatic N) is 1. The molecular formula is C18H32N2. The van der Waals surface area contributed by atoms with Crippen LogP contribution in [0.3, 0.4) is 0 Å². The molecule has 2 nitrogen and oxygen atoms in total. The Morgan fingerprint density at radius 1 is 0.850 bits per heavy atom. The summed E-state index contributed by atoms with van der Waals surface area (Å²) in [7, 11) is 0. The molecule has 1 rings (SSSR count). The second-order valence-electron chi connectivity index (χ2n) is 6.66. The molecule has 0 amide bonds. The summed E-state index contributed by atoms with van der Waals surface area (Å²) in [5.41, 5.74) is 8.26. The molecule has 0 heterocycles. The van der Waals surface area contributed by atoms with E-state index in [1.54, 1.807) is 0 Å². The van der Waals surface area contributed by atoms with Gasteiger partial charge in [0, 0.05) is 13.1 Å². The van der Waals surface area contributed by atoms with Gasteiger partial charge < -0.3 is 5.73 Å². The Bertz CT molecular complexity index is 342. The molecule has 20 heavy (non-hydrogen) atoms. The third kappa shape index (κ3) is 7.06. The van der Waals surface area contributed by atoms with Crippen LogP contribution in [-0.4, -0.2) is 18.0 Å². The lowest BCUT2D eigenvalue weighted by Crippen LogP contribution is -2.27. The highest BCUT2D eigenvalue weighted by atomic mass is 15.1. The average Bonchev–Trinajstić information content (AvgIpc) is 2.42. The maximum atomic E-state index is 5.65. The van der Waals surface area contributed by atoms with Gasteiger partial charge in [-0.1, -0.05) is 52.0 Å². The van der Waals surface area contributed by atoms with Gasteiger partial charge in [-0.3, -0.25) is 4.90 Å². The minimum absolute atomic E-state index is 0.630. The fourth-order valence-electron chi connectivity index (χ4n) is 2.19. The van der Waals surface area contributed by atoms with Crippen molar-refractivity contribution in [2.75, 3.05) is 13.1 Å². The number of benzene rings is 1. The van der Waals surface area contributed by atoms with Crippen molar-refractivity contribution in [1.29, 1.82) is 0 Å². The molecule has 2 heteroatoms. The summed E-state index contributed by atoms with van der Waals surface area (Å²) in [5, 5.41) is 0. The van der Waals surface area contributed by atoms with Gasteiger partial charge in [-0.25, -0.2) is 0 Å². The fourth-order valence-corrected chi connectivity index (χ4v) is 2.19. The third-order valence-electron chi connectivity index (χ3n) is 3.71. The van der Waals surface area contributed by atoms with Crippen molar-refractivity contribution in [1.82, 2.24) is 4.90 Å².